The van der Waals surface area contributed by atoms with Crippen molar-refractivity contribution < 1.29 is 13.2 Å². The monoisotopic (exact) mass is 451 g/mol. The highest BCUT2D eigenvalue weighted by molar-refractivity contribution is 8.15. The molecule has 1 heterocycles. The van der Waals surface area contributed by atoms with Gasteiger partial charge in [0.25, 0.3) is 10.0 Å². The largest absolute Gasteiger partial charge is 0.351 e. The van der Waals surface area contributed by atoms with Gasteiger partial charge in [-0.2, -0.15) is 8.42 Å². The number of para-hydroxylation sites is 1. The van der Waals surface area contributed by atoms with Crippen molar-refractivity contribution in [2.24, 2.45) is 4.40 Å². The molecule has 0 saturated heterocycles. The Morgan fingerprint density at radius 3 is 2.62 bits per heavy atom. The van der Waals surface area contributed by atoms with Crippen LogP contribution >= 0.6 is 23.4 Å². The van der Waals surface area contributed by atoms with Crippen LogP contribution in [0, 0.1) is 0 Å². The summed E-state index contributed by atoms with van der Waals surface area (Å²) < 4.78 is 29.1. The van der Waals surface area contributed by atoms with E-state index in [-0.39, 0.29) is 16.6 Å². The number of nitrogens with one attached hydrogen (secondary N) is 1. The smallest absolute Gasteiger partial charge is 0.286 e. The van der Waals surface area contributed by atoms with Crippen LogP contribution in [0.2, 0.25) is 5.02 Å². The van der Waals surface area contributed by atoms with Gasteiger partial charge in [0.1, 0.15) is 4.90 Å². The molecule has 0 fully saturated rings. The molecule has 2 aromatic rings. The van der Waals surface area contributed by atoms with Crippen molar-refractivity contribution in [3.05, 3.63) is 59.1 Å². The number of amides is 1. The highest BCUT2D eigenvalue weighted by atomic mass is 35.5. The zero-order valence-electron chi connectivity index (χ0n) is 16.0. The number of nitrogens with zero attached hydrogens (tertiary/aromatic N) is 2. The quantitative estimate of drug-likeness (QED) is 0.686. The lowest BCUT2D eigenvalue weighted by Crippen LogP contribution is -2.36. The number of sulfonamides is 1. The Kier molecular flexibility index (Phi) is 7.21. The van der Waals surface area contributed by atoms with Crippen molar-refractivity contribution >= 4 is 50.1 Å². The number of carbonyl (C=O) groups is 1. The van der Waals surface area contributed by atoms with Crippen molar-refractivity contribution in [1.29, 1.82) is 0 Å². The molecule has 0 radical (unpaired) electrons. The minimum atomic E-state index is -3.78. The van der Waals surface area contributed by atoms with Crippen LogP contribution in [0.3, 0.4) is 0 Å². The summed E-state index contributed by atoms with van der Waals surface area (Å²) in [6.07, 6.45) is 1.85. The van der Waals surface area contributed by atoms with Gasteiger partial charge in [0.15, 0.2) is 5.17 Å². The van der Waals surface area contributed by atoms with Gasteiger partial charge in [0.2, 0.25) is 5.91 Å². The molecule has 0 aliphatic carbocycles. The molecule has 9 heteroatoms. The number of amidine groups is 1. The van der Waals surface area contributed by atoms with Gasteiger partial charge in [-0.05, 0) is 36.2 Å². The zero-order chi connectivity index (χ0) is 20.9. The standard InChI is InChI=1S/C20H22ClN3O3S2/c1-2-3-12-24-17-6-4-5-7-18(17)29(26,27)23-20(24)28-14-19(25)22-13-15-8-10-16(21)11-9-15/h4-11H,2-3,12-14H2,1H3,(H,22,25). The van der Waals surface area contributed by atoms with E-state index in [0.29, 0.717) is 29.0 Å². The number of hydrogen-bond acceptors (Lipinski definition) is 5. The SMILES string of the molecule is CCCCN1C(SCC(=O)NCc2ccc(Cl)cc2)=NS(=O)(=O)c2ccccc21. The van der Waals surface area contributed by atoms with Crippen molar-refractivity contribution in [3.8, 4) is 0 Å². The van der Waals surface area contributed by atoms with Crippen molar-refractivity contribution in [2.45, 2.75) is 31.2 Å². The summed E-state index contributed by atoms with van der Waals surface area (Å²) in [5, 5.41) is 3.80. The summed E-state index contributed by atoms with van der Waals surface area (Å²) in [6.45, 7) is 3.09. The van der Waals surface area contributed by atoms with Gasteiger partial charge in [-0.25, -0.2) is 0 Å². The Bertz CT molecular complexity index is 1010. The van der Waals surface area contributed by atoms with E-state index in [1.807, 2.05) is 17.0 Å². The number of rotatable bonds is 7. The zero-order valence-corrected chi connectivity index (χ0v) is 18.4. The number of unbranched alkanes of at least 4 members (excludes halogenated alkanes) is 1. The maximum Gasteiger partial charge on any atom is 0.286 e. The van der Waals surface area contributed by atoms with Crippen LogP contribution in [0.1, 0.15) is 25.3 Å². The molecule has 1 aliphatic rings. The first-order valence-electron chi connectivity index (χ1n) is 9.26. The number of anilines is 1. The Hall–Kier alpha value is -2.03. The molecule has 154 valence electrons. The predicted molar refractivity (Wildman–Crippen MR) is 119 cm³/mol. The Morgan fingerprint density at radius 1 is 1.17 bits per heavy atom. The Labute approximate surface area is 180 Å². The first-order chi connectivity index (χ1) is 13.9. The van der Waals surface area contributed by atoms with E-state index in [1.165, 1.54) is 0 Å². The lowest BCUT2D eigenvalue weighted by atomic mass is 10.2. The molecule has 0 atom stereocenters. The van der Waals surface area contributed by atoms with Crippen LogP contribution in [0.5, 0.6) is 0 Å². The Morgan fingerprint density at radius 2 is 1.90 bits per heavy atom. The fourth-order valence-corrected chi connectivity index (χ4v) is 5.26. The van der Waals surface area contributed by atoms with E-state index in [4.69, 9.17) is 11.6 Å². The van der Waals surface area contributed by atoms with E-state index >= 15 is 0 Å². The van der Waals surface area contributed by atoms with Crippen molar-refractivity contribution in [3.63, 3.8) is 0 Å². The van der Waals surface area contributed by atoms with Crippen LogP contribution in [-0.2, 0) is 21.4 Å². The van der Waals surface area contributed by atoms with Gasteiger partial charge in [-0.3, -0.25) is 4.79 Å². The number of fused-ring (bicyclic) bond motifs is 1. The molecule has 1 aliphatic heterocycles. The molecule has 0 saturated carbocycles. The number of thioether (sulfide) groups is 1. The van der Waals surface area contributed by atoms with Crippen LogP contribution in [-0.4, -0.2) is 31.8 Å². The maximum atomic E-state index is 12.5. The predicted octanol–water partition coefficient (Wildman–Crippen LogP) is 4.05. The highest BCUT2D eigenvalue weighted by Gasteiger charge is 2.30. The van der Waals surface area contributed by atoms with E-state index in [9.17, 15) is 13.2 Å². The Balaban J connectivity index is 1.68. The van der Waals surface area contributed by atoms with Crippen molar-refractivity contribution in [1.82, 2.24) is 5.32 Å². The lowest BCUT2D eigenvalue weighted by molar-refractivity contribution is -0.118. The summed E-state index contributed by atoms with van der Waals surface area (Å²) in [5.74, 6) is -0.119. The molecule has 0 aromatic heterocycles. The molecule has 0 unspecified atom stereocenters. The molecule has 0 bridgehead atoms. The van der Waals surface area contributed by atoms with E-state index in [0.717, 1.165) is 30.2 Å². The number of benzene rings is 2. The summed E-state index contributed by atoms with van der Waals surface area (Å²) in [6, 6.07) is 14.1. The second kappa shape index (κ2) is 9.65. The molecule has 6 nitrogen and oxygen atoms in total. The molecular weight excluding hydrogens is 430 g/mol. The van der Waals surface area contributed by atoms with Gasteiger partial charge in [-0.15, -0.1) is 4.40 Å². The van der Waals surface area contributed by atoms with Crippen molar-refractivity contribution in [2.75, 3.05) is 17.2 Å². The number of carbonyl (C=O) groups excluding carboxylic acids is 1. The average Bonchev–Trinajstić information content (AvgIpc) is 2.71. The third-order valence-electron chi connectivity index (χ3n) is 4.33. The minimum Gasteiger partial charge on any atom is -0.351 e. The summed E-state index contributed by atoms with van der Waals surface area (Å²) >= 11 is 6.99. The van der Waals surface area contributed by atoms with Gasteiger partial charge in [0.05, 0.1) is 11.4 Å². The van der Waals surface area contributed by atoms with Crippen LogP contribution in [0.15, 0.2) is 57.8 Å². The third-order valence-corrected chi connectivity index (χ3v) is 6.99. The first-order valence-corrected chi connectivity index (χ1v) is 12.1. The van der Waals surface area contributed by atoms with Crippen LogP contribution < -0.4 is 10.2 Å². The average molecular weight is 452 g/mol. The molecule has 1 N–H and O–H groups in total. The minimum absolute atomic E-state index is 0.0761. The van der Waals surface area contributed by atoms with E-state index in [2.05, 4.69) is 16.6 Å². The van der Waals surface area contributed by atoms with Gasteiger partial charge in [0, 0.05) is 18.1 Å². The number of hydrogen-bond donors (Lipinski definition) is 1. The van der Waals surface area contributed by atoms with Gasteiger partial charge in [-0.1, -0.05) is 61.0 Å². The summed E-state index contributed by atoms with van der Waals surface area (Å²) in [5.41, 5.74) is 1.55. The van der Waals surface area contributed by atoms with Crippen LogP contribution in [0.25, 0.3) is 0 Å². The van der Waals surface area contributed by atoms with E-state index in [1.54, 1.807) is 36.4 Å². The molecule has 3 rings (SSSR count). The van der Waals surface area contributed by atoms with Crippen LogP contribution in [0.4, 0.5) is 5.69 Å². The van der Waals surface area contributed by atoms with Gasteiger partial charge < -0.3 is 10.2 Å². The highest BCUT2D eigenvalue weighted by Crippen LogP contribution is 2.34. The lowest BCUT2D eigenvalue weighted by Gasteiger charge is -2.30. The topological polar surface area (TPSA) is 78.8 Å². The maximum absolute atomic E-state index is 12.5. The second-order valence-corrected chi connectivity index (χ2v) is 9.47. The normalized spacial score (nSPS) is 14.8. The number of halogens is 1. The summed E-state index contributed by atoms with van der Waals surface area (Å²) in [7, 11) is -3.78. The molecule has 0 spiro atoms. The van der Waals surface area contributed by atoms with E-state index < -0.39 is 10.0 Å². The molecule has 1 amide bonds. The third kappa shape index (κ3) is 5.52. The summed E-state index contributed by atoms with van der Waals surface area (Å²) in [4.78, 5) is 14.4. The van der Waals surface area contributed by atoms with Gasteiger partial charge >= 0.3 is 0 Å². The molecule has 2 aromatic carbocycles. The fourth-order valence-electron chi connectivity index (χ4n) is 2.82. The molecular formula is C20H22ClN3O3S2. The first kappa shape index (κ1) is 21.7. The molecule has 29 heavy (non-hydrogen) atoms. The fraction of sp³-hybridized carbons (Fsp3) is 0.300. The second-order valence-electron chi connectivity index (χ2n) is 6.51.